The van der Waals surface area contributed by atoms with E-state index in [2.05, 4.69) is 15.6 Å². The highest BCUT2D eigenvalue weighted by molar-refractivity contribution is 8.00. The first kappa shape index (κ1) is 21.1. The summed E-state index contributed by atoms with van der Waals surface area (Å²) in [5.41, 5.74) is 1.47. The second kappa shape index (κ2) is 9.71. The van der Waals surface area contributed by atoms with Crippen LogP contribution in [0.15, 0.2) is 46.7 Å². The summed E-state index contributed by atoms with van der Waals surface area (Å²) in [6.45, 7) is 1.87. The van der Waals surface area contributed by atoms with Gasteiger partial charge in [0.25, 0.3) is 0 Å². The van der Waals surface area contributed by atoms with Crippen molar-refractivity contribution in [2.45, 2.75) is 24.7 Å². The molecule has 0 radical (unpaired) electrons. The molecule has 0 aliphatic heterocycles. The standard InChI is InChI=1S/C20H21N3O4S2/c1-12-10-29-20(21-12)23-17(24)11-28-14-8-6-13(7-9-14)22-18(25)15-4-2-3-5-16(15)19(26)27/h2-3,6-10,15-16H,4-5,11H2,1H3,(H,22,25)(H,26,27)(H,21,23,24). The van der Waals surface area contributed by atoms with Gasteiger partial charge >= 0.3 is 5.97 Å². The fourth-order valence-corrected chi connectivity index (χ4v) is 4.36. The Hall–Kier alpha value is -2.65. The molecule has 1 aliphatic rings. The van der Waals surface area contributed by atoms with Crippen LogP contribution in [0.4, 0.5) is 10.8 Å². The minimum absolute atomic E-state index is 0.133. The Morgan fingerprint density at radius 2 is 1.83 bits per heavy atom. The molecule has 2 aromatic rings. The number of nitrogens with one attached hydrogen (secondary N) is 2. The Bertz CT molecular complexity index is 924. The van der Waals surface area contributed by atoms with E-state index in [1.54, 1.807) is 18.2 Å². The van der Waals surface area contributed by atoms with E-state index >= 15 is 0 Å². The van der Waals surface area contributed by atoms with E-state index in [0.717, 1.165) is 10.6 Å². The molecule has 1 heterocycles. The summed E-state index contributed by atoms with van der Waals surface area (Å²) in [5.74, 6) is -2.40. The van der Waals surface area contributed by atoms with Gasteiger partial charge in [0.15, 0.2) is 5.13 Å². The van der Waals surface area contributed by atoms with Crippen LogP contribution in [0, 0.1) is 18.8 Å². The van der Waals surface area contributed by atoms with Gasteiger partial charge < -0.3 is 15.7 Å². The number of aromatic nitrogens is 1. The van der Waals surface area contributed by atoms with Crippen molar-refractivity contribution in [1.82, 2.24) is 4.98 Å². The fourth-order valence-electron chi connectivity index (χ4n) is 2.96. The van der Waals surface area contributed by atoms with Crippen molar-refractivity contribution in [1.29, 1.82) is 0 Å². The van der Waals surface area contributed by atoms with Gasteiger partial charge in [-0.2, -0.15) is 0 Å². The summed E-state index contributed by atoms with van der Waals surface area (Å²) < 4.78 is 0. The smallest absolute Gasteiger partial charge is 0.307 e. The molecule has 2 unspecified atom stereocenters. The maximum atomic E-state index is 12.5. The van der Waals surface area contributed by atoms with Gasteiger partial charge in [-0.3, -0.25) is 14.4 Å². The Labute approximate surface area is 176 Å². The number of thioether (sulfide) groups is 1. The van der Waals surface area contributed by atoms with Crippen molar-refractivity contribution in [2.24, 2.45) is 11.8 Å². The first-order valence-corrected chi connectivity index (χ1v) is 10.9. The number of amides is 2. The average molecular weight is 432 g/mol. The summed E-state index contributed by atoms with van der Waals surface area (Å²) in [6, 6.07) is 7.13. The van der Waals surface area contributed by atoms with Crippen molar-refractivity contribution >= 4 is 51.7 Å². The zero-order chi connectivity index (χ0) is 20.8. The van der Waals surface area contributed by atoms with Crippen molar-refractivity contribution in [2.75, 3.05) is 16.4 Å². The lowest BCUT2D eigenvalue weighted by Crippen LogP contribution is -2.34. The van der Waals surface area contributed by atoms with E-state index in [1.165, 1.54) is 23.1 Å². The van der Waals surface area contributed by atoms with Gasteiger partial charge in [0, 0.05) is 16.0 Å². The molecular weight excluding hydrogens is 410 g/mol. The van der Waals surface area contributed by atoms with Crippen LogP contribution < -0.4 is 10.6 Å². The van der Waals surface area contributed by atoms with Gasteiger partial charge in [-0.15, -0.1) is 23.1 Å². The van der Waals surface area contributed by atoms with Gasteiger partial charge in [-0.25, -0.2) is 4.98 Å². The molecule has 29 heavy (non-hydrogen) atoms. The Morgan fingerprint density at radius 3 is 2.45 bits per heavy atom. The number of carboxylic acids is 1. The van der Waals surface area contributed by atoms with E-state index in [9.17, 15) is 19.5 Å². The third kappa shape index (κ3) is 5.91. The quantitative estimate of drug-likeness (QED) is 0.455. The normalized spacial score (nSPS) is 18.2. The summed E-state index contributed by atoms with van der Waals surface area (Å²) in [6.07, 6.45) is 4.44. The predicted molar refractivity (Wildman–Crippen MR) is 114 cm³/mol. The first-order valence-electron chi connectivity index (χ1n) is 9.06. The summed E-state index contributed by atoms with van der Waals surface area (Å²) in [7, 11) is 0. The Balaban J connectivity index is 1.50. The van der Waals surface area contributed by atoms with E-state index < -0.39 is 17.8 Å². The average Bonchev–Trinajstić information content (AvgIpc) is 3.12. The number of thiazole rings is 1. The molecule has 152 valence electrons. The van der Waals surface area contributed by atoms with Gasteiger partial charge in [0.05, 0.1) is 23.3 Å². The molecule has 0 spiro atoms. The fraction of sp³-hybridized carbons (Fsp3) is 0.300. The van der Waals surface area contributed by atoms with Crippen molar-refractivity contribution in [3.63, 3.8) is 0 Å². The number of carbonyl (C=O) groups is 3. The zero-order valence-corrected chi connectivity index (χ0v) is 17.4. The molecule has 0 saturated heterocycles. The maximum absolute atomic E-state index is 12.5. The molecular formula is C20H21N3O4S2. The van der Waals surface area contributed by atoms with E-state index in [4.69, 9.17) is 0 Å². The Morgan fingerprint density at radius 1 is 1.14 bits per heavy atom. The number of rotatable bonds is 7. The van der Waals surface area contributed by atoms with Crippen molar-refractivity contribution < 1.29 is 19.5 Å². The minimum atomic E-state index is -0.951. The molecule has 1 aromatic carbocycles. The predicted octanol–water partition coefficient (Wildman–Crippen LogP) is 3.79. The van der Waals surface area contributed by atoms with Gasteiger partial charge in [-0.1, -0.05) is 12.2 Å². The van der Waals surface area contributed by atoms with Crippen LogP contribution in [-0.4, -0.2) is 33.6 Å². The van der Waals surface area contributed by atoms with Crippen LogP contribution in [0.3, 0.4) is 0 Å². The number of aliphatic carboxylic acids is 1. The number of hydrogen-bond acceptors (Lipinski definition) is 6. The van der Waals surface area contributed by atoms with E-state index in [0.29, 0.717) is 23.7 Å². The van der Waals surface area contributed by atoms with Gasteiger partial charge in [0.2, 0.25) is 11.8 Å². The maximum Gasteiger partial charge on any atom is 0.307 e. The summed E-state index contributed by atoms with van der Waals surface area (Å²) >= 11 is 2.77. The number of carboxylic acid groups (broad SMARTS) is 1. The largest absolute Gasteiger partial charge is 0.481 e. The SMILES string of the molecule is Cc1csc(NC(=O)CSc2ccc(NC(=O)C3CC=CCC3C(=O)O)cc2)n1. The molecule has 2 atom stereocenters. The van der Waals surface area contributed by atoms with E-state index in [1.807, 2.05) is 30.5 Å². The first-order chi connectivity index (χ1) is 13.9. The zero-order valence-electron chi connectivity index (χ0n) is 15.8. The van der Waals surface area contributed by atoms with Gasteiger partial charge in [-0.05, 0) is 44.0 Å². The van der Waals surface area contributed by atoms with Crippen LogP contribution in [0.2, 0.25) is 0 Å². The molecule has 0 bridgehead atoms. The van der Waals surface area contributed by atoms with Crippen LogP contribution in [0.1, 0.15) is 18.5 Å². The van der Waals surface area contributed by atoms with Crippen molar-refractivity contribution in [3.05, 3.63) is 47.5 Å². The van der Waals surface area contributed by atoms with Crippen LogP contribution in [-0.2, 0) is 14.4 Å². The second-order valence-corrected chi connectivity index (χ2v) is 8.55. The molecule has 1 aromatic heterocycles. The summed E-state index contributed by atoms with van der Waals surface area (Å²) in [5, 5.41) is 17.3. The van der Waals surface area contributed by atoms with Crippen LogP contribution >= 0.6 is 23.1 Å². The number of aryl methyl sites for hydroxylation is 1. The lowest BCUT2D eigenvalue weighted by atomic mass is 9.82. The molecule has 3 N–H and O–H groups in total. The molecule has 1 aliphatic carbocycles. The monoisotopic (exact) mass is 431 g/mol. The molecule has 2 amide bonds. The van der Waals surface area contributed by atoms with Crippen LogP contribution in [0.5, 0.6) is 0 Å². The lowest BCUT2D eigenvalue weighted by Gasteiger charge is -2.24. The summed E-state index contributed by atoms with van der Waals surface area (Å²) in [4.78, 5) is 40.9. The van der Waals surface area contributed by atoms with Crippen molar-refractivity contribution in [3.8, 4) is 0 Å². The molecule has 9 heteroatoms. The van der Waals surface area contributed by atoms with Crippen LogP contribution in [0.25, 0.3) is 0 Å². The number of anilines is 2. The number of benzene rings is 1. The number of allylic oxidation sites excluding steroid dienone is 2. The number of hydrogen-bond donors (Lipinski definition) is 3. The number of nitrogens with zero attached hydrogens (tertiary/aromatic N) is 1. The lowest BCUT2D eigenvalue weighted by molar-refractivity contribution is -0.146. The Kier molecular flexibility index (Phi) is 7.05. The third-order valence-corrected chi connectivity index (χ3v) is 6.33. The minimum Gasteiger partial charge on any atom is -0.481 e. The highest BCUT2D eigenvalue weighted by Gasteiger charge is 2.33. The molecule has 0 fully saturated rings. The molecule has 7 nitrogen and oxygen atoms in total. The molecule has 3 rings (SSSR count). The number of carbonyl (C=O) groups excluding carboxylic acids is 2. The third-order valence-electron chi connectivity index (χ3n) is 4.44. The highest BCUT2D eigenvalue weighted by Crippen LogP contribution is 2.28. The highest BCUT2D eigenvalue weighted by atomic mass is 32.2. The second-order valence-electron chi connectivity index (χ2n) is 6.64. The molecule has 0 saturated carbocycles. The topological polar surface area (TPSA) is 108 Å². The van der Waals surface area contributed by atoms with E-state index in [-0.39, 0.29) is 17.6 Å². The van der Waals surface area contributed by atoms with Gasteiger partial charge in [0.1, 0.15) is 0 Å².